The van der Waals surface area contributed by atoms with Crippen LogP contribution in [-0.2, 0) is 23.9 Å². The Labute approximate surface area is 269 Å². The Morgan fingerprint density at radius 3 is 2.33 bits per heavy atom. The molecule has 1 aliphatic heterocycles. The second kappa shape index (κ2) is 13.9. The molecule has 46 heavy (non-hydrogen) atoms. The molecule has 3 aromatic rings. The van der Waals surface area contributed by atoms with Gasteiger partial charge in [-0.15, -0.1) is 0 Å². The lowest BCUT2D eigenvalue weighted by atomic mass is 9.87. The Bertz CT molecular complexity index is 1470. The smallest absolute Gasteiger partial charge is 0.416 e. The van der Waals surface area contributed by atoms with E-state index < -0.39 is 17.7 Å². The number of nitrogens with zero attached hydrogens (tertiary/aromatic N) is 3. The Kier molecular flexibility index (Phi) is 9.88. The zero-order valence-corrected chi connectivity index (χ0v) is 26.6. The number of hydrogen-bond acceptors (Lipinski definition) is 3. The van der Waals surface area contributed by atoms with Gasteiger partial charge in [-0.2, -0.15) is 18.3 Å². The van der Waals surface area contributed by atoms with Gasteiger partial charge in [0.1, 0.15) is 5.82 Å². The summed E-state index contributed by atoms with van der Waals surface area (Å²) < 4.78 is 55.3. The van der Waals surface area contributed by atoms with E-state index >= 15 is 0 Å². The highest BCUT2D eigenvalue weighted by atomic mass is 19.4. The summed E-state index contributed by atoms with van der Waals surface area (Å²) in [5.74, 6) is 0.669. The van der Waals surface area contributed by atoms with Crippen molar-refractivity contribution in [3.8, 4) is 0 Å². The van der Waals surface area contributed by atoms with Crippen LogP contribution in [0.2, 0.25) is 0 Å². The van der Waals surface area contributed by atoms with Gasteiger partial charge >= 0.3 is 12.1 Å². The van der Waals surface area contributed by atoms with E-state index in [0.29, 0.717) is 36.5 Å². The van der Waals surface area contributed by atoms with E-state index in [2.05, 4.69) is 17.9 Å². The van der Waals surface area contributed by atoms with Crippen LogP contribution in [0.4, 0.5) is 17.6 Å². The van der Waals surface area contributed by atoms with Crippen molar-refractivity contribution in [1.82, 2.24) is 14.7 Å². The number of aromatic nitrogens is 2. The molecule has 2 aliphatic carbocycles. The van der Waals surface area contributed by atoms with E-state index in [1.807, 2.05) is 10.7 Å². The first-order valence-electron chi connectivity index (χ1n) is 17.0. The summed E-state index contributed by atoms with van der Waals surface area (Å²) in [6.07, 6.45) is 3.83. The third-order valence-electron chi connectivity index (χ3n) is 10.7. The van der Waals surface area contributed by atoms with Crippen molar-refractivity contribution in [1.29, 1.82) is 0 Å². The van der Waals surface area contributed by atoms with Crippen molar-refractivity contribution in [2.24, 2.45) is 23.7 Å². The average Bonchev–Trinajstić information content (AvgIpc) is 3.62. The molecule has 248 valence electrons. The molecule has 0 amide bonds. The Morgan fingerprint density at radius 2 is 1.70 bits per heavy atom. The van der Waals surface area contributed by atoms with Crippen LogP contribution in [0.15, 0.2) is 54.6 Å². The monoisotopic (exact) mass is 639 g/mol. The average molecular weight is 640 g/mol. The van der Waals surface area contributed by atoms with Crippen LogP contribution in [0.3, 0.4) is 0 Å². The van der Waals surface area contributed by atoms with Crippen molar-refractivity contribution >= 4 is 5.97 Å². The van der Waals surface area contributed by atoms with E-state index in [0.717, 1.165) is 100 Å². The van der Waals surface area contributed by atoms with Gasteiger partial charge in [0.05, 0.1) is 17.2 Å². The third kappa shape index (κ3) is 8.01. The highest BCUT2D eigenvalue weighted by molar-refractivity contribution is 5.70. The number of halogens is 4. The van der Waals surface area contributed by atoms with Gasteiger partial charge in [0.25, 0.3) is 0 Å². The van der Waals surface area contributed by atoms with Crippen LogP contribution >= 0.6 is 0 Å². The maximum atomic E-state index is 14.3. The van der Waals surface area contributed by atoms with Crippen molar-refractivity contribution in [2.45, 2.75) is 89.3 Å². The van der Waals surface area contributed by atoms with E-state index in [4.69, 9.17) is 5.10 Å². The molecule has 2 aromatic carbocycles. The van der Waals surface area contributed by atoms with Gasteiger partial charge in [0, 0.05) is 31.1 Å². The molecule has 3 aliphatic rings. The number of hydrogen-bond donors (Lipinski definition) is 1. The molecule has 0 spiro atoms. The van der Waals surface area contributed by atoms with Gasteiger partial charge in [0.2, 0.25) is 0 Å². The number of piperidine rings is 1. The Balaban J connectivity index is 1.08. The zero-order chi connectivity index (χ0) is 32.4. The van der Waals surface area contributed by atoms with Crippen molar-refractivity contribution in [3.05, 3.63) is 88.5 Å². The number of alkyl halides is 3. The van der Waals surface area contributed by atoms with Gasteiger partial charge in [-0.05, 0) is 124 Å². The molecule has 1 aromatic heterocycles. The van der Waals surface area contributed by atoms with E-state index in [-0.39, 0.29) is 17.7 Å². The molecule has 1 saturated heterocycles. The van der Waals surface area contributed by atoms with Gasteiger partial charge in [-0.1, -0.05) is 37.1 Å². The summed E-state index contributed by atoms with van der Waals surface area (Å²) in [5.41, 5.74) is 3.26. The standard InChI is InChI=1S/C37H45F4N3O2/c1-2-44-35(22-33(42-44)19-25-8-10-31(11-9-25)37(39,40)41)27-12-14-43(15-13-27)23-30-18-26(17-29(36(45)46)16-24-6-7-24)20-34(30)28-4-3-5-32(38)21-28/h3-5,8-11,21-22,24,26-27,29-30,34H,2,6-7,12-20,23H2,1H3,(H,45,46)/t26?,29?,30?,34-/m1/s1. The SMILES string of the molecule is CCn1nc(Cc2ccc(C(F)(F)F)cc2)cc1C1CCN(CC2CC(CC(CC3CC3)C(=O)O)C[C@@H]2c2cccc(F)c2)CC1. The number of carbonyl (C=O) groups is 1. The lowest BCUT2D eigenvalue weighted by molar-refractivity contribution is -0.142. The fourth-order valence-electron chi connectivity index (χ4n) is 8.15. The minimum absolute atomic E-state index is 0.220. The molecule has 5 nitrogen and oxygen atoms in total. The van der Waals surface area contributed by atoms with Crippen LogP contribution in [-0.4, -0.2) is 45.4 Å². The van der Waals surface area contributed by atoms with Crippen LogP contribution in [0, 0.1) is 29.5 Å². The highest BCUT2D eigenvalue weighted by Gasteiger charge is 2.40. The summed E-state index contributed by atoms with van der Waals surface area (Å²) in [4.78, 5) is 14.6. The number of benzene rings is 2. The highest BCUT2D eigenvalue weighted by Crippen LogP contribution is 2.48. The quantitative estimate of drug-likeness (QED) is 0.202. The van der Waals surface area contributed by atoms with Gasteiger partial charge in [-0.3, -0.25) is 9.48 Å². The number of aryl methyl sites for hydroxylation is 1. The summed E-state index contributed by atoms with van der Waals surface area (Å²) >= 11 is 0. The minimum Gasteiger partial charge on any atom is -0.481 e. The molecule has 1 N–H and O–H groups in total. The predicted molar refractivity (Wildman–Crippen MR) is 169 cm³/mol. The third-order valence-corrected chi connectivity index (χ3v) is 10.7. The molecule has 0 radical (unpaired) electrons. The Morgan fingerprint density at radius 1 is 0.978 bits per heavy atom. The summed E-state index contributed by atoms with van der Waals surface area (Å²) in [6, 6.07) is 14.4. The molecule has 0 bridgehead atoms. The largest absolute Gasteiger partial charge is 0.481 e. The van der Waals surface area contributed by atoms with Crippen LogP contribution in [0.25, 0.3) is 0 Å². The summed E-state index contributed by atoms with van der Waals surface area (Å²) in [6.45, 7) is 5.63. The van der Waals surface area contributed by atoms with Gasteiger partial charge in [-0.25, -0.2) is 4.39 Å². The van der Waals surface area contributed by atoms with Crippen molar-refractivity contribution < 1.29 is 27.5 Å². The zero-order valence-electron chi connectivity index (χ0n) is 26.6. The fraction of sp³-hybridized carbons (Fsp3) is 0.568. The minimum atomic E-state index is -4.34. The van der Waals surface area contributed by atoms with Gasteiger partial charge < -0.3 is 10.0 Å². The van der Waals surface area contributed by atoms with E-state index in [1.54, 1.807) is 12.1 Å². The molecule has 4 atom stereocenters. The van der Waals surface area contributed by atoms with Crippen molar-refractivity contribution in [3.63, 3.8) is 0 Å². The van der Waals surface area contributed by atoms with E-state index in [1.165, 1.54) is 23.9 Å². The second-order valence-corrected chi connectivity index (χ2v) is 14.0. The molecule has 3 fully saturated rings. The second-order valence-electron chi connectivity index (χ2n) is 14.0. The summed E-state index contributed by atoms with van der Waals surface area (Å²) in [7, 11) is 0. The Hall–Kier alpha value is -3.20. The number of likely N-dealkylation sites (tertiary alicyclic amines) is 1. The first-order valence-corrected chi connectivity index (χ1v) is 17.0. The lowest BCUT2D eigenvalue weighted by Crippen LogP contribution is -2.37. The maximum absolute atomic E-state index is 14.3. The van der Waals surface area contributed by atoms with Crippen LogP contribution in [0.5, 0.6) is 0 Å². The number of aliphatic carboxylic acids is 1. The lowest BCUT2D eigenvalue weighted by Gasteiger charge is -2.35. The fourth-order valence-corrected chi connectivity index (χ4v) is 8.15. The van der Waals surface area contributed by atoms with Crippen LogP contribution in [0.1, 0.15) is 98.2 Å². The number of carboxylic acids is 1. The molecule has 2 saturated carbocycles. The molecule has 3 unspecified atom stereocenters. The first-order chi connectivity index (χ1) is 22.1. The molecule has 2 heterocycles. The van der Waals surface area contributed by atoms with Crippen molar-refractivity contribution in [2.75, 3.05) is 19.6 Å². The predicted octanol–water partition coefficient (Wildman–Crippen LogP) is 8.53. The number of rotatable bonds is 12. The van der Waals surface area contributed by atoms with Gasteiger partial charge in [0.15, 0.2) is 0 Å². The van der Waals surface area contributed by atoms with E-state index in [9.17, 15) is 27.5 Å². The molecule has 9 heteroatoms. The molecular weight excluding hydrogens is 594 g/mol. The van der Waals surface area contributed by atoms with Crippen LogP contribution < -0.4 is 0 Å². The number of carboxylic acid groups (broad SMARTS) is 1. The molecular formula is C37H45F4N3O2. The maximum Gasteiger partial charge on any atom is 0.416 e. The normalized spacial score (nSPS) is 23.5. The topological polar surface area (TPSA) is 58.4 Å². The molecule has 6 rings (SSSR count). The summed E-state index contributed by atoms with van der Waals surface area (Å²) in [5, 5.41) is 14.7. The first kappa shape index (κ1) is 32.7.